The van der Waals surface area contributed by atoms with E-state index >= 15 is 0 Å². The van der Waals surface area contributed by atoms with Crippen LogP contribution in [0.25, 0.3) is 0 Å². The molecule has 0 unspecified atom stereocenters. The maximum atomic E-state index is 12.9. The number of rotatable bonds is 6. The van der Waals surface area contributed by atoms with Crippen LogP contribution in [0, 0.1) is 18.7 Å². The Bertz CT molecular complexity index is 665. The number of nitrogens with one attached hydrogen (secondary N) is 1. The molecule has 1 N–H and O–H groups in total. The maximum absolute atomic E-state index is 12.9. The highest BCUT2D eigenvalue weighted by atomic mass is 32.2. The summed E-state index contributed by atoms with van der Waals surface area (Å²) in [6.45, 7) is 2.06. The van der Waals surface area contributed by atoms with Gasteiger partial charge in [-0.25, -0.2) is 4.39 Å². The van der Waals surface area contributed by atoms with Gasteiger partial charge in [-0.15, -0.1) is 11.8 Å². The summed E-state index contributed by atoms with van der Waals surface area (Å²) in [6, 6.07) is 14.7. The first-order chi connectivity index (χ1) is 11.1. The molecule has 1 atom stereocenters. The van der Waals surface area contributed by atoms with E-state index < -0.39 is 0 Å². The SMILES string of the molecule is Cc1ccc([C@@H](NC(=O)CSc2ccc(F)cc2)C2CC2)cc1. The van der Waals surface area contributed by atoms with Crippen LogP contribution in [0.5, 0.6) is 0 Å². The zero-order chi connectivity index (χ0) is 16.2. The van der Waals surface area contributed by atoms with Gasteiger partial charge in [0.2, 0.25) is 5.91 Å². The first-order valence-electron chi connectivity index (χ1n) is 7.86. The summed E-state index contributed by atoms with van der Waals surface area (Å²) < 4.78 is 12.9. The molecular weight excluding hydrogens is 309 g/mol. The molecule has 0 aliphatic heterocycles. The summed E-state index contributed by atoms with van der Waals surface area (Å²) in [7, 11) is 0. The van der Waals surface area contributed by atoms with E-state index in [9.17, 15) is 9.18 Å². The standard InChI is InChI=1S/C19H20FNOS/c1-13-2-4-14(5-3-13)19(15-6-7-15)21-18(22)12-23-17-10-8-16(20)9-11-17/h2-5,8-11,15,19H,6-7,12H2,1H3,(H,21,22)/t19-/m1/s1. The van der Waals surface area contributed by atoms with Gasteiger partial charge in [0, 0.05) is 4.90 Å². The molecule has 1 amide bonds. The summed E-state index contributed by atoms with van der Waals surface area (Å²) >= 11 is 1.43. The number of amides is 1. The van der Waals surface area contributed by atoms with Gasteiger partial charge in [0.25, 0.3) is 0 Å². The van der Waals surface area contributed by atoms with E-state index in [1.54, 1.807) is 12.1 Å². The zero-order valence-electron chi connectivity index (χ0n) is 13.1. The van der Waals surface area contributed by atoms with Crippen molar-refractivity contribution in [2.24, 2.45) is 5.92 Å². The average molecular weight is 329 g/mol. The third-order valence-electron chi connectivity index (χ3n) is 4.03. The van der Waals surface area contributed by atoms with Crippen molar-refractivity contribution < 1.29 is 9.18 Å². The lowest BCUT2D eigenvalue weighted by Crippen LogP contribution is -2.31. The highest BCUT2D eigenvalue weighted by molar-refractivity contribution is 8.00. The molecule has 2 nitrogen and oxygen atoms in total. The third-order valence-corrected chi connectivity index (χ3v) is 5.04. The smallest absolute Gasteiger partial charge is 0.230 e. The van der Waals surface area contributed by atoms with Gasteiger partial charge in [0.1, 0.15) is 5.82 Å². The molecular formula is C19H20FNOS. The van der Waals surface area contributed by atoms with Crippen LogP contribution in [0.3, 0.4) is 0 Å². The number of carbonyl (C=O) groups is 1. The molecule has 23 heavy (non-hydrogen) atoms. The molecule has 120 valence electrons. The van der Waals surface area contributed by atoms with Gasteiger partial charge in [-0.2, -0.15) is 0 Å². The fraction of sp³-hybridized carbons (Fsp3) is 0.316. The normalized spacial score (nSPS) is 15.2. The molecule has 3 rings (SSSR count). The van der Waals surface area contributed by atoms with Gasteiger partial charge in [-0.05, 0) is 55.5 Å². The van der Waals surface area contributed by atoms with Crippen molar-refractivity contribution in [3.05, 3.63) is 65.5 Å². The van der Waals surface area contributed by atoms with Crippen molar-refractivity contribution >= 4 is 17.7 Å². The first kappa shape index (κ1) is 16.1. The minimum Gasteiger partial charge on any atom is -0.348 e. The molecule has 4 heteroatoms. The van der Waals surface area contributed by atoms with Crippen LogP contribution in [0.4, 0.5) is 4.39 Å². The van der Waals surface area contributed by atoms with Crippen LogP contribution in [0.15, 0.2) is 53.4 Å². The van der Waals surface area contributed by atoms with Crippen molar-refractivity contribution in [2.45, 2.75) is 30.7 Å². The number of aryl methyl sites for hydroxylation is 1. The summed E-state index contributed by atoms with van der Waals surface area (Å²) in [4.78, 5) is 13.2. The number of hydrogen-bond acceptors (Lipinski definition) is 2. The van der Waals surface area contributed by atoms with Gasteiger partial charge in [-0.1, -0.05) is 29.8 Å². The fourth-order valence-corrected chi connectivity index (χ4v) is 3.28. The van der Waals surface area contributed by atoms with E-state index in [1.807, 2.05) is 0 Å². The van der Waals surface area contributed by atoms with Crippen molar-refractivity contribution in [3.63, 3.8) is 0 Å². The van der Waals surface area contributed by atoms with Crippen LogP contribution in [0.1, 0.15) is 30.0 Å². The quantitative estimate of drug-likeness (QED) is 0.791. The van der Waals surface area contributed by atoms with Gasteiger partial charge >= 0.3 is 0 Å². The summed E-state index contributed by atoms with van der Waals surface area (Å²) in [6.07, 6.45) is 2.34. The lowest BCUT2D eigenvalue weighted by atomic mass is 10.0. The Morgan fingerprint density at radius 1 is 1.17 bits per heavy atom. The average Bonchev–Trinajstić information content (AvgIpc) is 3.38. The first-order valence-corrected chi connectivity index (χ1v) is 8.84. The maximum Gasteiger partial charge on any atom is 0.230 e. The molecule has 2 aromatic carbocycles. The van der Waals surface area contributed by atoms with E-state index in [0.717, 1.165) is 4.90 Å². The molecule has 1 aliphatic carbocycles. The molecule has 1 aliphatic rings. The predicted molar refractivity (Wildman–Crippen MR) is 91.9 cm³/mol. The third kappa shape index (κ3) is 4.58. The number of thioether (sulfide) groups is 1. The molecule has 0 spiro atoms. The molecule has 0 saturated heterocycles. The van der Waals surface area contributed by atoms with Crippen molar-refractivity contribution in [1.29, 1.82) is 0 Å². The minimum absolute atomic E-state index is 0.0248. The predicted octanol–water partition coefficient (Wildman–Crippen LogP) is 4.49. The van der Waals surface area contributed by atoms with E-state index in [1.165, 1.54) is 47.9 Å². The molecule has 0 radical (unpaired) electrons. The lowest BCUT2D eigenvalue weighted by Gasteiger charge is -2.19. The lowest BCUT2D eigenvalue weighted by molar-refractivity contribution is -0.119. The summed E-state index contributed by atoms with van der Waals surface area (Å²) in [5.74, 6) is 0.669. The van der Waals surface area contributed by atoms with Crippen LogP contribution in [0.2, 0.25) is 0 Å². The second-order valence-corrected chi connectivity index (χ2v) is 7.08. The Morgan fingerprint density at radius 3 is 2.43 bits per heavy atom. The van der Waals surface area contributed by atoms with Gasteiger partial charge < -0.3 is 5.32 Å². The topological polar surface area (TPSA) is 29.1 Å². The highest BCUT2D eigenvalue weighted by Gasteiger charge is 2.33. The minimum atomic E-state index is -0.257. The van der Waals surface area contributed by atoms with Crippen LogP contribution in [-0.4, -0.2) is 11.7 Å². The second-order valence-electron chi connectivity index (χ2n) is 6.04. The Kier molecular flexibility index (Phi) is 5.01. The van der Waals surface area contributed by atoms with Crippen molar-refractivity contribution in [3.8, 4) is 0 Å². The highest BCUT2D eigenvalue weighted by Crippen LogP contribution is 2.41. The van der Waals surface area contributed by atoms with Gasteiger partial charge in [0.05, 0.1) is 11.8 Å². The summed E-state index contributed by atoms with van der Waals surface area (Å²) in [5.41, 5.74) is 2.40. The van der Waals surface area contributed by atoms with Crippen LogP contribution >= 0.6 is 11.8 Å². The molecule has 0 aromatic heterocycles. The van der Waals surface area contributed by atoms with E-state index in [-0.39, 0.29) is 17.8 Å². The zero-order valence-corrected chi connectivity index (χ0v) is 13.9. The largest absolute Gasteiger partial charge is 0.348 e. The Balaban J connectivity index is 1.58. The molecule has 1 saturated carbocycles. The van der Waals surface area contributed by atoms with E-state index in [2.05, 4.69) is 36.5 Å². The molecule has 2 aromatic rings. The Labute approximate surface area is 140 Å². The van der Waals surface area contributed by atoms with Crippen LogP contribution in [-0.2, 0) is 4.79 Å². The Hall–Kier alpha value is -1.81. The number of benzene rings is 2. The number of carbonyl (C=O) groups excluding carboxylic acids is 1. The molecule has 0 heterocycles. The number of halogens is 1. The number of hydrogen-bond donors (Lipinski definition) is 1. The monoisotopic (exact) mass is 329 g/mol. The summed E-state index contributed by atoms with van der Waals surface area (Å²) in [5, 5.41) is 3.16. The molecule has 0 bridgehead atoms. The second kappa shape index (κ2) is 7.18. The van der Waals surface area contributed by atoms with E-state index in [0.29, 0.717) is 11.7 Å². The molecule has 1 fully saturated rings. The van der Waals surface area contributed by atoms with Crippen molar-refractivity contribution in [2.75, 3.05) is 5.75 Å². The fourth-order valence-electron chi connectivity index (χ4n) is 2.57. The van der Waals surface area contributed by atoms with Gasteiger partial charge in [0.15, 0.2) is 0 Å². The van der Waals surface area contributed by atoms with Crippen molar-refractivity contribution in [1.82, 2.24) is 5.32 Å². The van der Waals surface area contributed by atoms with Gasteiger partial charge in [-0.3, -0.25) is 4.79 Å². The van der Waals surface area contributed by atoms with Crippen LogP contribution < -0.4 is 5.32 Å². The van der Waals surface area contributed by atoms with E-state index in [4.69, 9.17) is 0 Å². The Morgan fingerprint density at radius 2 is 1.83 bits per heavy atom.